The maximum Gasteiger partial charge on any atom is 0.272 e. The molecule has 0 fully saturated rings. The fourth-order valence-electron chi connectivity index (χ4n) is 3.62. The molecule has 2 aromatic rings. The molecule has 2 amide bonds. The zero-order valence-electron chi connectivity index (χ0n) is 18.8. The highest BCUT2D eigenvalue weighted by molar-refractivity contribution is 6.00. The van der Waals surface area contributed by atoms with Crippen molar-refractivity contribution in [1.29, 1.82) is 0 Å². The van der Waals surface area contributed by atoms with Crippen LogP contribution in [0.4, 0.5) is 0 Å². The standard InChI is InChI=1S/C24H30N2O4/c1-15-18(11-12-20-19(15)14-24(5,6)30-20)21(27)25-26(23(2,3)4)22(28)16-9-8-10-17(13-16)29-7/h8-13H,14H2,1-7H3,(H,25,27). The van der Waals surface area contributed by atoms with Gasteiger partial charge in [0, 0.05) is 23.1 Å². The van der Waals surface area contributed by atoms with Gasteiger partial charge in [0.15, 0.2) is 0 Å². The molecule has 0 atom stereocenters. The summed E-state index contributed by atoms with van der Waals surface area (Å²) >= 11 is 0. The van der Waals surface area contributed by atoms with Crippen molar-refractivity contribution >= 4 is 11.8 Å². The van der Waals surface area contributed by atoms with Crippen LogP contribution in [0.5, 0.6) is 11.5 Å². The van der Waals surface area contributed by atoms with Gasteiger partial charge in [-0.3, -0.25) is 15.0 Å². The van der Waals surface area contributed by atoms with E-state index in [-0.39, 0.29) is 17.4 Å². The van der Waals surface area contributed by atoms with Crippen LogP contribution in [0.3, 0.4) is 0 Å². The highest BCUT2D eigenvalue weighted by Crippen LogP contribution is 2.38. The van der Waals surface area contributed by atoms with Crippen molar-refractivity contribution in [2.45, 2.75) is 59.1 Å². The van der Waals surface area contributed by atoms with E-state index < -0.39 is 5.54 Å². The van der Waals surface area contributed by atoms with E-state index in [0.29, 0.717) is 16.9 Å². The van der Waals surface area contributed by atoms with Gasteiger partial charge >= 0.3 is 0 Å². The first-order valence-corrected chi connectivity index (χ1v) is 10.0. The zero-order chi connectivity index (χ0) is 22.3. The lowest BCUT2D eigenvalue weighted by Gasteiger charge is -2.35. The molecule has 1 aliphatic heterocycles. The Bertz CT molecular complexity index is 989. The summed E-state index contributed by atoms with van der Waals surface area (Å²) in [5, 5.41) is 1.37. The van der Waals surface area contributed by atoms with E-state index in [0.717, 1.165) is 23.3 Å². The molecule has 6 heteroatoms. The average molecular weight is 411 g/mol. The number of nitrogens with zero attached hydrogens (tertiary/aromatic N) is 1. The van der Waals surface area contributed by atoms with Gasteiger partial charge in [-0.2, -0.15) is 0 Å². The van der Waals surface area contributed by atoms with Gasteiger partial charge in [-0.1, -0.05) is 6.07 Å². The van der Waals surface area contributed by atoms with E-state index in [1.165, 1.54) is 5.01 Å². The van der Waals surface area contributed by atoms with Crippen molar-refractivity contribution in [3.05, 3.63) is 58.7 Å². The third-order valence-electron chi connectivity index (χ3n) is 5.19. The second kappa shape index (κ2) is 7.67. The van der Waals surface area contributed by atoms with Gasteiger partial charge in [0.2, 0.25) is 0 Å². The van der Waals surface area contributed by atoms with Crippen LogP contribution in [0.2, 0.25) is 0 Å². The van der Waals surface area contributed by atoms with Crippen LogP contribution in [0, 0.1) is 6.92 Å². The Hall–Kier alpha value is -3.02. The molecule has 1 N–H and O–H groups in total. The van der Waals surface area contributed by atoms with Crippen molar-refractivity contribution < 1.29 is 19.1 Å². The van der Waals surface area contributed by atoms with Gasteiger partial charge in [0.05, 0.1) is 12.6 Å². The molecule has 1 aliphatic rings. The van der Waals surface area contributed by atoms with E-state index >= 15 is 0 Å². The minimum absolute atomic E-state index is 0.290. The Balaban J connectivity index is 1.90. The maximum absolute atomic E-state index is 13.2. The minimum Gasteiger partial charge on any atom is -0.497 e. The Labute approximate surface area is 178 Å². The molecule has 2 aromatic carbocycles. The normalized spacial score (nSPS) is 14.5. The molecular formula is C24H30N2O4. The first kappa shape index (κ1) is 21.7. The van der Waals surface area contributed by atoms with E-state index in [9.17, 15) is 9.59 Å². The summed E-state index contributed by atoms with van der Waals surface area (Å²) in [4.78, 5) is 26.4. The summed E-state index contributed by atoms with van der Waals surface area (Å²) in [5.74, 6) is 0.761. The number of hydrogen-bond donors (Lipinski definition) is 1. The molecule has 0 unspecified atom stereocenters. The third-order valence-corrected chi connectivity index (χ3v) is 5.19. The highest BCUT2D eigenvalue weighted by atomic mass is 16.5. The van der Waals surface area contributed by atoms with Gasteiger partial charge < -0.3 is 9.47 Å². The van der Waals surface area contributed by atoms with Gasteiger partial charge in [-0.25, -0.2) is 5.01 Å². The Morgan fingerprint density at radius 1 is 1.17 bits per heavy atom. The number of carbonyl (C=O) groups is 2. The number of carbonyl (C=O) groups excluding carboxylic acids is 2. The molecule has 30 heavy (non-hydrogen) atoms. The van der Waals surface area contributed by atoms with Crippen molar-refractivity contribution in [3.63, 3.8) is 0 Å². The molecule has 0 aliphatic carbocycles. The molecule has 0 saturated carbocycles. The maximum atomic E-state index is 13.2. The third kappa shape index (κ3) is 4.27. The van der Waals surface area contributed by atoms with Gasteiger partial charge in [0.1, 0.15) is 17.1 Å². The van der Waals surface area contributed by atoms with Crippen molar-refractivity contribution in [2.75, 3.05) is 7.11 Å². The number of hydrogen-bond acceptors (Lipinski definition) is 4. The monoisotopic (exact) mass is 410 g/mol. The fraction of sp³-hybridized carbons (Fsp3) is 0.417. The summed E-state index contributed by atoms with van der Waals surface area (Å²) in [7, 11) is 1.55. The van der Waals surface area contributed by atoms with Crippen LogP contribution < -0.4 is 14.9 Å². The molecule has 0 radical (unpaired) electrons. The summed E-state index contributed by atoms with van der Waals surface area (Å²) in [6.45, 7) is 11.6. The lowest BCUT2D eigenvalue weighted by atomic mass is 9.95. The number of methoxy groups -OCH3 is 1. The summed E-state index contributed by atoms with van der Waals surface area (Å²) in [6, 6.07) is 10.5. The molecule has 0 saturated heterocycles. The molecular weight excluding hydrogens is 380 g/mol. The minimum atomic E-state index is -0.633. The van der Waals surface area contributed by atoms with Crippen molar-refractivity contribution in [2.24, 2.45) is 0 Å². The smallest absolute Gasteiger partial charge is 0.272 e. The summed E-state index contributed by atoms with van der Waals surface area (Å²) in [6.07, 6.45) is 0.737. The van der Waals surface area contributed by atoms with Crippen LogP contribution in [0.15, 0.2) is 36.4 Å². The topological polar surface area (TPSA) is 67.9 Å². The predicted molar refractivity (Wildman–Crippen MR) is 116 cm³/mol. The van der Waals surface area contributed by atoms with Crippen LogP contribution in [-0.4, -0.2) is 35.1 Å². The molecule has 3 rings (SSSR count). The predicted octanol–water partition coefficient (Wildman–Crippen LogP) is 4.30. The number of hydrazine groups is 1. The molecule has 1 heterocycles. The van der Waals surface area contributed by atoms with E-state index in [1.54, 1.807) is 37.4 Å². The quantitative estimate of drug-likeness (QED) is 0.766. The van der Waals surface area contributed by atoms with Crippen LogP contribution in [-0.2, 0) is 6.42 Å². The lowest BCUT2D eigenvalue weighted by Crippen LogP contribution is -2.56. The van der Waals surface area contributed by atoms with Crippen LogP contribution >= 0.6 is 0 Å². The Kier molecular flexibility index (Phi) is 5.54. The number of fused-ring (bicyclic) bond motifs is 1. The second-order valence-corrected chi connectivity index (χ2v) is 9.24. The number of nitrogens with one attached hydrogen (secondary N) is 1. The molecule has 0 spiro atoms. The van der Waals surface area contributed by atoms with Crippen LogP contribution in [0.1, 0.15) is 66.5 Å². The number of ether oxygens (including phenoxy) is 2. The number of benzene rings is 2. The van der Waals surface area contributed by atoms with E-state index in [4.69, 9.17) is 9.47 Å². The summed E-state index contributed by atoms with van der Waals surface area (Å²) < 4.78 is 11.2. The van der Waals surface area contributed by atoms with Crippen molar-refractivity contribution in [3.8, 4) is 11.5 Å². The molecule has 0 bridgehead atoms. The SMILES string of the molecule is COc1cccc(C(=O)N(NC(=O)c2ccc3c(c2C)CC(C)(C)O3)C(C)(C)C)c1. The highest BCUT2D eigenvalue weighted by Gasteiger charge is 2.34. The van der Waals surface area contributed by atoms with Gasteiger partial charge in [0.25, 0.3) is 11.8 Å². The van der Waals surface area contributed by atoms with E-state index in [1.807, 2.05) is 47.6 Å². The van der Waals surface area contributed by atoms with Gasteiger partial charge in [-0.15, -0.1) is 0 Å². The average Bonchev–Trinajstić information content (AvgIpc) is 3.00. The molecule has 0 aromatic heterocycles. The Morgan fingerprint density at radius 2 is 1.87 bits per heavy atom. The largest absolute Gasteiger partial charge is 0.497 e. The Morgan fingerprint density at radius 3 is 2.50 bits per heavy atom. The summed E-state index contributed by atoms with van der Waals surface area (Å²) in [5.41, 5.74) is 4.78. The van der Waals surface area contributed by atoms with Gasteiger partial charge in [-0.05, 0) is 77.4 Å². The first-order chi connectivity index (χ1) is 13.9. The second-order valence-electron chi connectivity index (χ2n) is 9.24. The fourth-order valence-corrected chi connectivity index (χ4v) is 3.62. The zero-order valence-corrected chi connectivity index (χ0v) is 18.8. The van der Waals surface area contributed by atoms with E-state index in [2.05, 4.69) is 5.43 Å². The number of rotatable bonds is 3. The first-order valence-electron chi connectivity index (χ1n) is 10.0. The molecule has 6 nitrogen and oxygen atoms in total. The number of amides is 2. The van der Waals surface area contributed by atoms with Crippen molar-refractivity contribution in [1.82, 2.24) is 10.4 Å². The lowest BCUT2D eigenvalue weighted by molar-refractivity contribution is 0.0358. The molecule has 160 valence electrons. The van der Waals surface area contributed by atoms with Crippen LogP contribution in [0.25, 0.3) is 0 Å².